The molecular weight excluding hydrogens is 250 g/mol. The van der Waals surface area contributed by atoms with Crippen molar-refractivity contribution in [3.8, 4) is 0 Å². The Bertz CT molecular complexity index is 562. The average molecular weight is 266 g/mol. The Hall–Kier alpha value is -1.48. The molecule has 1 heterocycles. The number of halogens is 1. The van der Waals surface area contributed by atoms with Crippen LogP contribution in [0, 0.1) is 0 Å². The molecule has 0 amide bonds. The maximum atomic E-state index is 11.4. The van der Waals surface area contributed by atoms with Crippen LogP contribution in [0.15, 0.2) is 30.5 Å². The van der Waals surface area contributed by atoms with Gasteiger partial charge in [-0.2, -0.15) is 0 Å². The first-order chi connectivity index (χ1) is 8.63. The smallest absolute Gasteiger partial charge is 0.326 e. The third kappa shape index (κ3) is 2.51. The standard InChI is InChI=1S/C14H16ClNO2/c1-2-3-4-12(14(17)18)16-8-7-10-5-6-11(15)9-13(10)16/h5-9,12H,2-4H2,1H3,(H,17,18). The summed E-state index contributed by atoms with van der Waals surface area (Å²) in [5, 5.41) is 11.0. The number of carboxylic acid groups (broad SMARTS) is 1. The highest BCUT2D eigenvalue weighted by atomic mass is 35.5. The zero-order valence-corrected chi connectivity index (χ0v) is 11.0. The van der Waals surface area contributed by atoms with Crippen LogP contribution in [0.1, 0.15) is 32.2 Å². The lowest BCUT2D eigenvalue weighted by molar-refractivity contribution is -0.141. The number of aliphatic carboxylic acids is 1. The lowest BCUT2D eigenvalue weighted by Crippen LogP contribution is -2.18. The second-order valence-corrected chi connectivity index (χ2v) is 4.86. The van der Waals surface area contributed by atoms with Crippen LogP contribution < -0.4 is 0 Å². The summed E-state index contributed by atoms with van der Waals surface area (Å²) in [6, 6.07) is 6.95. The molecule has 2 aromatic rings. The van der Waals surface area contributed by atoms with Gasteiger partial charge in [0, 0.05) is 11.2 Å². The molecule has 3 nitrogen and oxygen atoms in total. The normalized spacial score (nSPS) is 12.8. The molecule has 1 aromatic heterocycles. The van der Waals surface area contributed by atoms with Crippen LogP contribution in [0.2, 0.25) is 5.02 Å². The fourth-order valence-electron chi connectivity index (χ4n) is 2.17. The molecule has 0 bridgehead atoms. The number of carboxylic acids is 1. The van der Waals surface area contributed by atoms with Gasteiger partial charge in [0.25, 0.3) is 0 Å². The Balaban J connectivity index is 2.43. The molecule has 1 N–H and O–H groups in total. The predicted octanol–water partition coefficient (Wildman–Crippen LogP) is 4.11. The first-order valence-corrected chi connectivity index (χ1v) is 6.50. The second-order valence-electron chi connectivity index (χ2n) is 4.42. The van der Waals surface area contributed by atoms with Gasteiger partial charge < -0.3 is 9.67 Å². The number of hydrogen-bond donors (Lipinski definition) is 1. The summed E-state index contributed by atoms with van der Waals surface area (Å²) in [6.07, 6.45) is 4.36. The monoisotopic (exact) mass is 265 g/mol. The number of nitrogens with zero attached hydrogens (tertiary/aromatic N) is 1. The maximum absolute atomic E-state index is 11.4. The quantitative estimate of drug-likeness (QED) is 0.884. The summed E-state index contributed by atoms with van der Waals surface area (Å²) in [7, 11) is 0. The van der Waals surface area contributed by atoms with Gasteiger partial charge in [0.2, 0.25) is 0 Å². The fourth-order valence-corrected chi connectivity index (χ4v) is 2.34. The van der Waals surface area contributed by atoms with Crippen LogP contribution in [0.4, 0.5) is 0 Å². The molecule has 0 aliphatic rings. The van der Waals surface area contributed by atoms with E-state index in [1.165, 1.54) is 0 Å². The summed E-state index contributed by atoms with van der Waals surface area (Å²) in [5.41, 5.74) is 0.881. The molecule has 0 spiro atoms. The van der Waals surface area contributed by atoms with E-state index < -0.39 is 12.0 Å². The topological polar surface area (TPSA) is 42.2 Å². The molecule has 0 saturated heterocycles. The van der Waals surface area contributed by atoms with Gasteiger partial charge in [0.15, 0.2) is 0 Å². The third-order valence-electron chi connectivity index (χ3n) is 3.14. The highest BCUT2D eigenvalue weighted by Crippen LogP contribution is 2.26. The van der Waals surface area contributed by atoms with Gasteiger partial charge in [0.05, 0.1) is 5.52 Å². The van der Waals surface area contributed by atoms with Crippen LogP contribution in [0.3, 0.4) is 0 Å². The molecule has 1 unspecified atom stereocenters. The predicted molar refractivity (Wildman–Crippen MR) is 73.1 cm³/mol. The number of benzene rings is 1. The van der Waals surface area contributed by atoms with Crippen molar-refractivity contribution in [2.75, 3.05) is 0 Å². The van der Waals surface area contributed by atoms with E-state index in [0.29, 0.717) is 11.4 Å². The Morgan fingerprint density at radius 1 is 1.44 bits per heavy atom. The molecule has 1 aromatic carbocycles. The van der Waals surface area contributed by atoms with Gasteiger partial charge in [-0.05, 0) is 30.0 Å². The van der Waals surface area contributed by atoms with Crippen LogP contribution in [-0.4, -0.2) is 15.6 Å². The van der Waals surface area contributed by atoms with Crippen molar-refractivity contribution in [1.29, 1.82) is 0 Å². The highest BCUT2D eigenvalue weighted by molar-refractivity contribution is 6.31. The van der Waals surface area contributed by atoms with E-state index >= 15 is 0 Å². The maximum Gasteiger partial charge on any atom is 0.326 e. The molecule has 1 atom stereocenters. The largest absolute Gasteiger partial charge is 0.480 e. The van der Waals surface area contributed by atoms with Gasteiger partial charge in [-0.25, -0.2) is 4.79 Å². The first-order valence-electron chi connectivity index (χ1n) is 6.12. The molecule has 4 heteroatoms. The summed E-state index contributed by atoms with van der Waals surface area (Å²) in [4.78, 5) is 11.4. The second kappa shape index (κ2) is 5.44. The third-order valence-corrected chi connectivity index (χ3v) is 3.37. The number of hydrogen-bond acceptors (Lipinski definition) is 1. The minimum Gasteiger partial charge on any atom is -0.480 e. The Morgan fingerprint density at radius 2 is 2.22 bits per heavy atom. The molecule has 0 saturated carbocycles. The summed E-state index contributed by atoms with van der Waals surface area (Å²) >= 11 is 5.98. The van der Waals surface area contributed by atoms with Gasteiger partial charge in [-0.1, -0.05) is 37.4 Å². The van der Waals surface area contributed by atoms with Crippen molar-refractivity contribution in [3.63, 3.8) is 0 Å². The number of aromatic nitrogens is 1. The molecule has 18 heavy (non-hydrogen) atoms. The molecule has 0 radical (unpaired) electrons. The van der Waals surface area contributed by atoms with Crippen LogP contribution in [0.5, 0.6) is 0 Å². The zero-order valence-electron chi connectivity index (χ0n) is 10.3. The van der Waals surface area contributed by atoms with E-state index in [9.17, 15) is 9.90 Å². The number of unbranched alkanes of at least 4 members (excludes halogenated alkanes) is 1. The van der Waals surface area contributed by atoms with Crippen molar-refractivity contribution < 1.29 is 9.90 Å². The fraction of sp³-hybridized carbons (Fsp3) is 0.357. The van der Waals surface area contributed by atoms with E-state index in [1.54, 1.807) is 4.57 Å². The average Bonchev–Trinajstić information content (AvgIpc) is 2.72. The SMILES string of the molecule is CCCCC(C(=O)O)n1ccc2ccc(Cl)cc21. The van der Waals surface area contributed by atoms with Crippen molar-refractivity contribution >= 4 is 28.5 Å². The Morgan fingerprint density at radius 3 is 2.89 bits per heavy atom. The molecular formula is C14H16ClNO2. The van der Waals surface area contributed by atoms with Crippen LogP contribution >= 0.6 is 11.6 Å². The van der Waals surface area contributed by atoms with Crippen LogP contribution in [-0.2, 0) is 4.79 Å². The summed E-state index contributed by atoms with van der Waals surface area (Å²) in [6.45, 7) is 2.06. The molecule has 0 aliphatic carbocycles. The molecule has 2 rings (SSSR count). The van der Waals surface area contributed by atoms with E-state index in [0.717, 1.165) is 23.7 Å². The van der Waals surface area contributed by atoms with Crippen molar-refractivity contribution in [2.45, 2.75) is 32.2 Å². The van der Waals surface area contributed by atoms with E-state index in [2.05, 4.69) is 6.92 Å². The minimum absolute atomic E-state index is 0.513. The van der Waals surface area contributed by atoms with Gasteiger partial charge >= 0.3 is 5.97 Å². The number of rotatable bonds is 5. The van der Waals surface area contributed by atoms with Crippen molar-refractivity contribution in [3.05, 3.63) is 35.5 Å². The summed E-state index contributed by atoms with van der Waals surface area (Å²) < 4.78 is 1.80. The minimum atomic E-state index is -0.791. The Kier molecular flexibility index (Phi) is 3.92. The van der Waals surface area contributed by atoms with Gasteiger partial charge in [0.1, 0.15) is 6.04 Å². The van der Waals surface area contributed by atoms with Gasteiger partial charge in [-0.15, -0.1) is 0 Å². The first kappa shape index (κ1) is 13.0. The lowest BCUT2D eigenvalue weighted by atomic mass is 10.1. The van der Waals surface area contributed by atoms with E-state index in [4.69, 9.17) is 11.6 Å². The highest BCUT2D eigenvalue weighted by Gasteiger charge is 2.20. The van der Waals surface area contributed by atoms with E-state index in [-0.39, 0.29) is 0 Å². The zero-order chi connectivity index (χ0) is 13.1. The molecule has 0 aliphatic heterocycles. The molecule has 96 valence electrons. The van der Waals surface area contributed by atoms with Gasteiger partial charge in [-0.3, -0.25) is 0 Å². The van der Waals surface area contributed by atoms with E-state index in [1.807, 2.05) is 30.5 Å². The number of carbonyl (C=O) groups is 1. The van der Waals surface area contributed by atoms with Crippen LogP contribution in [0.25, 0.3) is 10.9 Å². The summed E-state index contributed by atoms with van der Waals surface area (Å²) in [5.74, 6) is -0.791. The lowest BCUT2D eigenvalue weighted by Gasteiger charge is -2.15. The van der Waals surface area contributed by atoms with Crippen molar-refractivity contribution in [2.24, 2.45) is 0 Å². The molecule has 0 fully saturated rings. The number of fused-ring (bicyclic) bond motifs is 1. The van der Waals surface area contributed by atoms with Crippen molar-refractivity contribution in [1.82, 2.24) is 4.57 Å². The Labute approximate surface area is 111 Å².